The summed E-state index contributed by atoms with van der Waals surface area (Å²) in [6, 6.07) is 3.86. The summed E-state index contributed by atoms with van der Waals surface area (Å²) in [5, 5.41) is 1.95. The summed E-state index contributed by atoms with van der Waals surface area (Å²) in [5.41, 5.74) is 0. The highest BCUT2D eigenvalue weighted by Gasteiger charge is 2.14. The lowest BCUT2D eigenvalue weighted by Crippen LogP contribution is -2.36. The minimum Gasteiger partial charge on any atom is -0.465 e. The second kappa shape index (κ2) is 8.48. The maximum absolute atomic E-state index is 12.0. The van der Waals surface area contributed by atoms with Crippen molar-refractivity contribution in [2.45, 2.75) is 20.3 Å². The molecular weight excluding hydrogens is 262 g/mol. The zero-order valence-electron chi connectivity index (χ0n) is 11.3. The molecule has 1 aromatic heterocycles. The van der Waals surface area contributed by atoms with Crippen LogP contribution in [0.1, 0.15) is 25.1 Å². The van der Waals surface area contributed by atoms with Gasteiger partial charge in [0, 0.05) is 17.5 Å². The molecule has 1 rings (SSSR count). The predicted octanol–water partition coefficient (Wildman–Crippen LogP) is 2.56. The molecule has 4 nitrogen and oxygen atoms in total. The van der Waals surface area contributed by atoms with E-state index >= 15 is 0 Å². The third-order valence-corrected chi connectivity index (χ3v) is 3.20. The molecule has 0 fully saturated rings. The van der Waals surface area contributed by atoms with Gasteiger partial charge in [0.05, 0.1) is 6.61 Å². The SMILES string of the molecule is CCCN(CC(=O)OCC)C(=O)/C=C/c1cccs1. The number of nitrogens with zero attached hydrogens (tertiary/aromatic N) is 1. The van der Waals surface area contributed by atoms with Crippen LogP contribution < -0.4 is 0 Å². The van der Waals surface area contributed by atoms with Gasteiger partial charge in [-0.25, -0.2) is 0 Å². The molecule has 5 heteroatoms. The van der Waals surface area contributed by atoms with Crippen molar-refractivity contribution in [3.05, 3.63) is 28.5 Å². The van der Waals surface area contributed by atoms with E-state index in [2.05, 4.69) is 0 Å². The molecule has 0 saturated carbocycles. The third kappa shape index (κ3) is 5.70. The van der Waals surface area contributed by atoms with Gasteiger partial charge in [0.25, 0.3) is 0 Å². The lowest BCUT2D eigenvalue weighted by atomic mass is 10.3. The second-order valence-electron chi connectivity index (χ2n) is 3.91. The number of carbonyl (C=O) groups excluding carboxylic acids is 2. The van der Waals surface area contributed by atoms with Crippen molar-refractivity contribution < 1.29 is 14.3 Å². The van der Waals surface area contributed by atoms with E-state index in [4.69, 9.17) is 4.74 Å². The average molecular weight is 281 g/mol. The number of ether oxygens (including phenoxy) is 1. The van der Waals surface area contributed by atoms with Gasteiger partial charge in [-0.2, -0.15) is 0 Å². The number of hydrogen-bond acceptors (Lipinski definition) is 4. The molecule has 0 aliphatic rings. The fraction of sp³-hybridized carbons (Fsp3) is 0.429. The van der Waals surface area contributed by atoms with Crippen molar-refractivity contribution in [2.75, 3.05) is 19.7 Å². The zero-order valence-corrected chi connectivity index (χ0v) is 12.1. The van der Waals surface area contributed by atoms with E-state index in [0.29, 0.717) is 13.2 Å². The van der Waals surface area contributed by atoms with Crippen molar-refractivity contribution >= 4 is 29.3 Å². The van der Waals surface area contributed by atoms with E-state index in [1.807, 2.05) is 24.4 Å². The first-order valence-electron chi connectivity index (χ1n) is 6.33. The maximum atomic E-state index is 12.0. The molecule has 19 heavy (non-hydrogen) atoms. The molecule has 0 aromatic carbocycles. The minimum absolute atomic E-state index is 0.00922. The van der Waals surface area contributed by atoms with Gasteiger partial charge < -0.3 is 9.64 Å². The molecule has 0 N–H and O–H groups in total. The summed E-state index contributed by atoms with van der Waals surface area (Å²) in [6.45, 7) is 4.61. The molecule has 0 bridgehead atoms. The Labute approximate surface area is 117 Å². The van der Waals surface area contributed by atoms with E-state index in [-0.39, 0.29) is 18.4 Å². The summed E-state index contributed by atoms with van der Waals surface area (Å²) in [7, 11) is 0. The van der Waals surface area contributed by atoms with Crippen LogP contribution in [0.4, 0.5) is 0 Å². The number of esters is 1. The predicted molar refractivity (Wildman–Crippen MR) is 76.9 cm³/mol. The molecule has 0 radical (unpaired) electrons. The molecule has 1 amide bonds. The molecule has 0 unspecified atom stereocenters. The van der Waals surface area contributed by atoms with E-state index in [9.17, 15) is 9.59 Å². The van der Waals surface area contributed by atoms with Gasteiger partial charge in [0.1, 0.15) is 6.54 Å². The summed E-state index contributed by atoms with van der Waals surface area (Å²) in [4.78, 5) is 25.9. The standard InChI is InChI=1S/C14H19NO3S/c1-3-9-15(11-14(17)18-4-2)13(16)8-7-12-6-5-10-19-12/h5-8,10H,3-4,9,11H2,1-2H3/b8-7+. The maximum Gasteiger partial charge on any atom is 0.325 e. The lowest BCUT2D eigenvalue weighted by molar-refractivity contribution is -0.147. The fourth-order valence-electron chi connectivity index (χ4n) is 1.54. The van der Waals surface area contributed by atoms with Crippen molar-refractivity contribution in [3.63, 3.8) is 0 Å². The first kappa shape index (κ1) is 15.4. The Morgan fingerprint density at radius 2 is 2.21 bits per heavy atom. The highest BCUT2D eigenvalue weighted by atomic mass is 32.1. The topological polar surface area (TPSA) is 46.6 Å². The summed E-state index contributed by atoms with van der Waals surface area (Å²) in [6.07, 6.45) is 4.07. The first-order chi connectivity index (χ1) is 9.17. The van der Waals surface area contributed by atoms with Crippen molar-refractivity contribution in [1.82, 2.24) is 4.90 Å². The molecular formula is C14H19NO3S. The lowest BCUT2D eigenvalue weighted by Gasteiger charge is -2.19. The molecule has 0 spiro atoms. The largest absolute Gasteiger partial charge is 0.465 e. The molecule has 104 valence electrons. The van der Waals surface area contributed by atoms with Gasteiger partial charge in [-0.1, -0.05) is 13.0 Å². The monoisotopic (exact) mass is 281 g/mol. The summed E-state index contributed by atoms with van der Waals surface area (Å²) in [5.74, 6) is -0.530. The van der Waals surface area contributed by atoms with Crippen LogP contribution in [0.25, 0.3) is 6.08 Å². The zero-order chi connectivity index (χ0) is 14.1. The molecule has 1 aromatic rings. The van der Waals surface area contributed by atoms with E-state index in [0.717, 1.165) is 11.3 Å². The Morgan fingerprint density at radius 1 is 1.42 bits per heavy atom. The van der Waals surface area contributed by atoms with E-state index in [1.165, 1.54) is 11.0 Å². The Bertz CT molecular complexity index is 426. The fourth-order valence-corrected chi connectivity index (χ4v) is 2.16. The number of rotatable bonds is 7. The van der Waals surface area contributed by atoms with Gasteiger partial charge in [-0.05, 0) is 30.9 Å². The summed E-state index contributed by atoms with van der Waals surface area (Å²) >= 11 is 1.56. The van der Waals surface area contributed by atoms with Gasteiger partial charge in [-0.3, -0.25) is 9.59 Å². The normalized spacial score (nSPS) is 10.6. The Kier molecular flexibility index (Phi) is 6.89. The Hall–Kier alpha value is -1.62. The van der Waals surface area contributed by atoms with Gasteiger partial charge in [-0.15, -0.1) is 11.3 Å². The van der Waals surface area contributed by atoms with Crippen LogP contribution in [-0.2, 0) is 14.3 Å². The summed E-state index contributed by atoms with van der Waals surface area (Å²) < 4.78 is 4.86. The molecule has 0 aliphatic carbocycles. The van der Waals surface area contributed by atoms with Crippen LogP contribution in [0.2, 0.25) is 0 Å². The molecule has 1 heterocycles. The van der Waals surface area contributed by atoms with Crippen LogP contribution in [0.5, 0.6) is 0 Å². The van der Waals surface area contributed by atoms with Crippen molar-refractivity contribution in [1.29, 1.82) is 0 Å². The van der Waals surface area contributed by atoms with Crippen molar-refractivity contribution in [2.24, 2.45) is 0 Å². The number of amides is 1. The molecule has 0 atom stereocenters. The highest BCUT2D eigenvalue weighted by molar-refractivity contribution is 7.10. The number of carbonyl (C=O) groups is 2. The second-order valence-corrected chi connectivity index (χ2v) is 4.89. The van der Waals surface area contributed by atoms with Gasteiger partial charge in [0.15, 0.2) is 0 Å². The van der Waals surface area contributed by atoms with Crippen LogP contribution >= 0.6 is 11.3 Å². The smallest absolute Gasteiger partial charge is 0.325 e. The molecule has 0 aliphatic heterocycles. The Balaban J connectivity index is 2.59. The Morgan fingerprint density at radius 3 is 2.79 bits per heavy atom. The third-order valence-electron chi connectivity index (χ3n) is 2.36. The quantitative estimate of drug-likeness (QED) is 0.570. The van der Waals surface area contributed by atoms with Gasteiger partial charge in [0.2, 0.25) is 5.91 Å². The first-order valence-corrected chi connectivity index (χ1v) is 7.21. The highest BCUT2D eigenvalue weighted by Crippen LogP contribution is 2.10. The van der Waals surface area contributed by atoms with Crippen molar-refractivity contribution in [3.8, 4) is 0 Å². The van der Waals surface area contributed by atoms with Gasteiger partial charge >= 0.3 is 5.97 Å². The van der Waals surface area contributed by atoms with Crippen LogP contribution in [0.3, 0.4) is 0 Å². The van der Waals surface area contributed by atoms with Crippen LogP contribution in [0.15, 0.2) is 23.6 Å². The van der Waals surface area contributed by atoms with Crippen LogP contribution in [-0.4, -0.2) is 36.5 Å². The van der Waals surface area contributed by atoms with E-state index in [1.54, 1.807) is 24.3 Å². The average Bonchev–Trinajstić information content (AvgIpc) is 2.89. The van der Waals surface area contributed by atoms with E-state index < -0.39 is 0 Å². The van der Waals surface area contributed by atoms with Crippen LogP contribution in [0, 0.1) is 0 Å². The molecule has 0 saturated heterocycles. The minimum atomic E-state index is -0.367. The number of thiophene rings is 1. The number of hydrogen-bond donors (Lipinski definition) is 0.